The summed E-state index contributed by atoms with van der Waals surface area (Å²) in [5.41, 5.74) is 0. The standard InChI is InChI=1S/C28H49N5O19/c1-15(35)32-21-17(37)12-28(26(42)43,50-19(21)13-31-49-10-6-45-5-9-48-30)51-20(14-34)23(39)24-22(33-16(2)36)18(38)11-27(52-24,25(40)41)46-7-3-44-4-8-47-29/h13,17-24,34,37-39H,3-12,14,29-30H2,1-2H3,(H,32,35)(H,33,36)(H,40,41)(H,42,43)/b31-13+/t17-,18-,19-,20+,21+,22+,23+,24+,27+,28-/m0/s1. The van der Waals surface area contributed by atoms with Crippen molar-refractivity contribution >= 4 is 30.0 Å². The van der Waals surface area contributed by atoms with Crippen LogP contribution < -0.4 is 22.4 Å². The number of hydrogen-bond acceptors (Lipinski definition) is 20. The summed E-state index contributed by atoms with van der Waals surface area (Å²) in [4.78, 5) is 63.0. The second-order valence-corrected chi connectivity index (χ2v) is 11.5. The van der Waals surface area contributed by atoms with Crippen molar-refractivity contribution in [2.24, 2.45) is 16.9 Å². The number of rotatable bonds is 24. The van der Waals surface area contributed by atoms with Crippen LogP contribution in [0.25, 0.3) is 0 Å². The predicted molar refractivity (Wildman–Crippen MR) is 167 cm³/mol. The Kier molecular flexibility index (Phi) is 19.1. The van der Waals surface area contributed by atoms with Crippen LogP contribution in [0.15, 0.2) is 5.16 Å². The Bertz CT molecular complexity index is 1170. The predicted octanol–water partition coefficient (Wildman–Crippen LogP) is -5.57. The minimum Gasteiger partial charge on any atom is -0.477 e. The van der Waals surface area contributed by atoms with E-state index in [1.54, 1.807) is 0 Å². The number of carbonyl (C=O) groups excluding carboxylic acids is 2. The van der Waals surface area contributed by atoms with E-state index < -0.39 is 110 Å². The van der Waals surface area contributed by atoms with E-state index in [-0.39, 0.29) is 46.2 Å². The molecule has 2 saturated heterocycles. The molecule has 52 heavy (non-hydrogen) atoms. The average Bonchev–Trinajstić information content (AvgIpc) is 3.08. The first kappa shape index (κ1) is 44.9. The topological polar surface area (TPSA) is 361 Å². The van der Waals surface area contributed by atoms with E-state index in [0.29, 0.717) is 0 Å². The minimum atomic E-state index is -2.87. The van der Waals surface area contributed by atoms with Crippen molar-refractivity contribution in [2.45, 2.75) is 87.0 Å². The molecule has 0 bridgehead atoms. The highest BCUT2D eigenvalue weighted by atomic mass is 16.7. The molecule has 0 aromatic heterocycles. The van der Waals surface area contributed by atoms with E-state index in [4.69, 9.17) is 45.1 Å². The number of hydrogen-bond donors (Lipinski definition) is 10. The molecule has 0 spiro atoms. The highest BCUT2D eigenvalue weighted by Crippen LogP contribution is 2.37. The van der Waals surface area contributed by atoms with Gasteiger partial charge < -0.3 is 84.2 Å². The highest BCUT2D eigenvalue weighted by molar-refractivity contribution is 5.79. The summed E-state index contributed by atoms with van der Waals surface area (Å²) in [5.74, 6) is -0.670. The van der Waals surface area contributed by atoms with Crippen molar-refractivity contribution in [3.63, 3.8) is 0 Å². The van der Waals surface area contributed by atoms with Crippen LogP contribution in [0, 0.1) is 0 Å². The van der Waals surface area contributed by atoms with Gasteiger partial charge in [0.2, 0.25) is 11.8 Å². The number of aliphatic hydroxyl groups excluding tert-OH is 4. The zero-order valence-electron chi connectivity index (χ0n) is 28.6. The second kappa shape index (κ2) is 22.1. The summed E-state index contributed by atoms with van der Waals surface area (Å²) in [6.45, 7) is 0.685. The van der Waals surface area contributed by atoms with E-state index >= 15 is 0 Å². The van der Waals surface area contributed by atoms with E-state index in [9.17, 15) is 49.8 Å². The number of nitrogens with two attached hydrogens (primary N) is 2. The molecule has 0 unspecified atom stereocenters. The molecule has 12 N–H and O–H groups in total. The zero-order valence-corrected chi connectivity index (χ0v) is 28.6. The first-order valence-electron chi connectivity index (χ1n) is 15.9. The third-order valence-corrected chi connectivity index (χ3v) is 7.63. The number of aliphatic hydroxyl groups is 4. The summed E-state index contributed by atoms with van der Waals surface area (Å²) in [6.07, 6.45) is -11.9. The van der Waals surface area contributed by atoms with Crippen LogP contribution in [0.4, 0.5) is 0 Å². The molecule has 10 atom stereocenters. The van der Waals surface area contributed by atoms with Crippen LogP contribution in [0.5, 0.6) is 0 Å². The fourth-order valence-corrected chi connectivity index (χ4v) is 5.32. The van der Waals surface area contributed by atoms with Gasteiger partial charge in [0, 0.05) is 26.7 Å². The summed E-state index contributed by atoms with van der Waals surface area (Å²) in [6, 6.07) is -2.84. The number of carbonyl (C=O) groups is 4. The van der Waals surface area contributed by atoms with Crippen molar-refractivity contribution in [1.29, 1.82) is 0 Å². The van der Waals surface area contributed by atoms with E-state index in [1.807, 2.05) is 0 Å². The Morgan fingerprint density at radius 1 is 0.827 bits per heavy atom. The Balaban J connectivity index is 2.38. The van der Waals surface area contributed by atoms with Gasteiger partial charge in [-0.05, 0) is 0 Å². The van der Waals surface area contributed by atoms with Crippen molar-refractivity contribution in [2.75, 3.05) is 59.5 Å². The van der Waals surface area contributed by atoms with Crippen molar-refractivity contribution in [1.82, 2.24) is 10.6 Å². The van der Waals surface area contributed by atoms with Gasteiger partial charge in [0.1, 0.15) is 31.0 Å². The largest absolute Gasteiger partial charge is 0.477 e. The SMILES string of the molecule is CC(=O)N[C@H]1[C@H]([C@H](O)[C@@H](CO)O[C@]2(C(=O)O)C[C@H](O)[C@@H](NC(C)=O)[C@H](/C=N/OCCOCCON)O2)O[C@@](OCCOCCON)(C(=O)O)C[C@@H]1O. The fraction of sp³-hybridized carbons (Fsp3) is 0.821. The second-order valence-electron chi connectivity index (χ2n) is 11.5. The highest BCUT2D eigenvalue weighted by Gasteiger charge is 2.59. The van der Waals surface area contributed by atoms with E-state index in [2.05, 4.69) is 25.5 Å². The number of carboxylic acid groups (broad SMARTS) is 2. The summed E-state index contributed by atoms with van der Waals surface area (Å²) >= 11 is 0. The number of ether oxygens (including phenoxy) is 6. The zero-order chi connectivity index (χ0) is 38.9. The van der Waals surface area contributed by atoms with Crippen molar-refractivity contribution in [3.8, 4) is 0 Å². The number of oxime groups is 1. The van der Waals surface area contributed by atoms with Crippen LogP contribution in [0.2, 0.25) is 0 Å². The summed E-state index contributed by atoms with van der Waals surface area (Å²) < 4.78 is 32.9. The third kappa shape index (κ3) is 13.0. The molecule has 2 aliphatic heterocycles. The monoisotopic (exact) mass is 759 g/mol. The molecule has 2 fully saturated rings. The maximum absolute atomic E-state index is 12.7. The lowest BCUT2D eigenvalue weighted by atomic mass is 9.88. The number of nitrogens with zero attached hydrogens (tertiary/aromatic N) is 1. The fourth-order valence-electron chi connectivity index (χ4n) is 5.32. The molecule has 0 radical (unpaired) electrons. The lowest BCUT2D eigenvalue weighted by molar-refractivity contribution is -0.334. The normalized spacial score (nSPS) is 30.4. The maximum atomic E-state index is 12.7. The van der Waals surface area contributed by atoms with Gasteiger partial charge in [-0.3, -0.25) is 9.59 Å². The van der Waals surface area contributed by atoms with Gasteiger partial charge in [-0.25, -0.2) is 21.4 Å². The first-order chi connectivity index (χ1) is 24.7. The van der Waals surface area contributed by atoms with Crippen LogP contribution >= 0.6 is 0 Å². The molecule has 0 aromatic carbocycles. The first-order valence-corrected chi connectivity index (χ1v) is 15.9. The summed E-state index contributed by atoms with van der Waals surface area (Å²) in [7, 11) is 0. The van der Waals surface area contributed by atoms with Crippen molar-refractivity contribution in [3.05, 3.63) is 0 Å². The van der Waals surface area contributed by atoms with Crippen LogP contribution in [0.3, 0.4) is 0 Å². The number of carboxylic acids is 2. The lowest BCUT2D eigenvalue weighted by Crippen LogP contribution is -2.69. The Labute approximate surface area is 297 Å². The van der Waals surface area contributed by atoms with Gasteiger partial charge in [0.25, 0.3) is 11.6 Å². The van der Waals surface area contributed by atoms with Gasteiger partial charge in [0.15, 0.2) is 0 Å². The Morgan fingerprint density at radius 3 is 1.88 bits per heavy atom. The molecule has 0 saturated carbocycles. The molecule has 300 valence electrons. The third-order valence-electron chi connectivity index (χ3n) is 7.63. The van der Waals surface area contributed by atoms with Crippen LogP contribution in [-0.4, -0.2) is 180 Å². The van der Waals surface area contributed by atoms with Gasteiger partial charge in [-0.2, -0.15) is 0 Å². The van der Waals surface area contributed by atoms with Crippen LogP contribution in [-0.2, 0) is 62.1 Å². The molecule has 2 heterocycles. The van der Waals surface area contributed by atoms with Gasteiger partial charge >= 0.3 is 11.9 Å². The maximum Gasteiger partial charge on any atom is 0.364 e. The van der Waals surface area contributed by atoms with Gasteiger partial charge in [0.05, 0.1) is 83.4 Å². The average molecular weight is 760 g/mol. The molecule has 2 aliphatic rings. The summed E-state index contributed by atoms with van der Waals surface area (Å²) in [5, 5.41) is 72.7. The Hall–Kier alpha value is -3.21. The molecule has 24 nitrogen and oxygen atoms in total. The molecular formula is C28H49N5O19. The van der Waals surface area contributed by atoms with Crippen molar-refractivity contribution < 1.29 is 92.8 Å². The molecule has 0 aromatic rings. The van der Waals surface area contributed by atoms with Crippen LogP contribution in [0.1, 0.15) is 26.7 Å². The molecule has 0 aliphatic carbocycles. The molecular weight excluding hydrogens is 710 g/mol. The van der Waals surface area contributed by atoms with E-state index in [0.717, 1.165) is 20.1 Å². The lowest BCUT2D eigenvalue weighted by Gasteiger charge is -2.48. The molecule has 24 heteroatoms. The van der Waals surface area contributed by atoms with Gasteiger partial charge in [-0.15, -0.1) is 0 Å². The molecule has 2 amide bonds. The smallest absolute Gasteiger partial charge is 0.364 e. The number of amides is 2. The minimum absolute atomic E-state index is 0.0180. The Morgan fingerprint density at radius 2 is 1.35 bits per heavy atom. The number of nitrogens with one attached hydrogen (secondary N) is 2. The molecule has 2 rings (SSSR count). The number of aliphatic carboxylic acids is 2. The van der Waals surface area contributed by atoms with E-state index in [1.165, 1.54) is 0 Å². The quantitative estimate of drug-likeness (QED) is 0.0249. The van der Waals surface area contributed by atoms with Gasteiger partial charge in [-0.1, -0.05) is 5.16 Å².